The quantitative estimate of drug-likeness (QED) is 0.803. The molecule has 17 heavy (non-hydrogen) atoms. The Morgan fingerprint density at radius 2 is 1.88 bits per heavy atom. The third kappa shape index (κ3) is 3.67. The normalized spacial score (nSPS) is 30.0. The second kappa shape index (κ2) is 6.17. The van der Waals surface area contributed by atoms with Crippen molar-refractivity contribution in [2.45, 2.75) is 45.7 Å². The summed E-state index contributed by atoms with van der Waals surface area (Å²) >= 11 is 0. The molecule has 2 rings (SSSR count). The van der Waals surface area contributed by atoms with Gasteiger partial charge in [-0.2, -0.15) is 0 Å². The van der Waals surface area contributed by atoms with Crippen molar-refractivity contribution in [1.82, 2.24) is 15.1 Å². The Bertz CT molecular complexity index is 224. The molecule has 0 aliphatic carbocycles. The molecule has 3 nitrogen and oxygen atoms in total. The molecule has 2 fully saturated rings. The zero-order valence-electron chi connectivity index (χ0n) is 11.8. The lowest BCUT2D eigenvalue weighted by Gasteiger charge is -2.43. The molecule has 2 aliphatic rings. The molecule has 3 heteroatoms. The van der Waals surface area contributed by atoms with Gasteiger partial charge < -0.3 is 5.32 Å². The standard InChI is InChI=1S/C14H29N3/c1-12(2)16-8-9-17(13(3)10-16)11-14-4-6-15-7-5-14/h12-15H,4-11H2,1-3H3. The van der Waals surface area contributed by atoms with Crippen LogP contribution in [0.4, 0.5) is 0 Å². The van der Waals surface area contributed by atoms with E-state index in [-0.39, 0.29) is 0 Å². The molecule has 0 bridgehead atoms. The Morgan fingerprint density at radius 3 is 2.47 bits per heavy atom. The minimum atomic E-state index is 0.707. The molecular weight excluding hydrogens is 210 g/mol. The summed E-state index contributed by atoms with van der Waals surface area (Å²) in [7, 11) is 0. The molecule has 1 unspecified atom stereocenters. The maximum Gasteiger partial charge on any atom is 0.0195 e. The van der Waals surface area contributed by atoms with Crippen LogP contribution in [0, 0.1) is 5.92 Å². The number of piperidine rings is 1. The summed E-state index contributed by atoms with van der Waals surface area (Å²) in [6, 6.07) is 1.44. The van der Waals surface area contributed by atoms with Crippen molar-refractivity contribution in [2.75, 3.05) is 39.3 Å². The van der Waals surface area contributed by atoms with Crippen molar-refractivity contribution >= 4 is 0 Å². The first-order valence-electron chi connectivity index (χ1n) is 7.35. The summed E-state index contributed by atoms with van der Waals surface area (Å²) < 4.78 is 0. The van der Waals surface area contributed by atoms with Gasteiger partial charge in [-0.15, -0.1) is 0 Å². The van der Waals surface area contributed by atoms with Gasteiger partial charge in [-0.25, -0.2) is 0 Å². The van der Waals surface area contributed by atoms with Crippen molar-refractivity contribution in [2.24, 2.45) is 5.92 Å². The van der Waals surface area contributed by atoms with Crippen molar-refractivity contribution in [3.8, 4) is 0 Å². The van der Waals surface area contributed by atoms with Crippen LogP contribution in [0.25, 0.3) is 0 Å². The Morgan fingerprint density at radius 1 is 1.18 bits per heavy atom. The summed E-state index contributed by atoms with van der Waals surface area (Å²) in [5.41, 5.74) is 0. The molecule has 0 radical (unpaired) electrons. The Hall–Kier alpha value is -0.120. The first-order chi connectivity index (χ1) is 8.16. The molecule has 0 aromatic carbocycles. The van der Waals surface area contributed by atoms with Gasteiger partial charge >= 0.3 is 0 Å². The average molecular weight is 239 g/mol. The SMILES string of the molecule is CC(C)N1CCN(CC2CCNCC2)C(C)C1. The average Bonchev–Trinajstić information content (AvgIpc) is 2.33. The molecule has 0 aromatic heterocycles. The van der Waals surface area contributed by atoms with Crippen molar-refractivity contribution < 1.29 is 0 Å². The van der Waals surface area contributed by atoms with Gasteiger partial charge in [0, 0.05) is 38.3 Å². The van der Waals surface area contributed by atoms with Gasteiger partial charge in [-0.05, 0) is 52.6 Å². The van der Waals surface area contributed by atoms with Crippen LogP contribution in [0.3, 0.4) is 0 Å². The van der Waals surface area contributed by atoms with Crippen LogP contribution < -0.4 is 5.32 Å². The Balaban J connectivity index is 1.78. The van der Waals surface area contributed by atoms with E-state index in [1.165, 1.54) is 52.1 Å². The van der Waals surface area contributed by atoms with Crippen molar-refractivity contribution in [3.63, 3.8) is 0 Å². The highest BCUT2D eigenvalue weighted by Crippen LogP contribution is 2.18. The molecule has 2 heterocycles. The number of nitrogens with zero attached hydrogens (tertiary/aromatic N) is 2. The van der Waals surface area contributed by atoms with E-state index in [2.05, 4.69) is 35.9 Å². The van der Waals surface area contributed by atoms with Gasteiger partial charge in [0.05, 0.1) is 0 Å². The third-order valence-electron chi connectivity index (χ3n) is 4.48. The van der Waals surface area contributed by atoms with E-state index >= 15 is 0 Å². The number of hydrogen-bond acceptors (Lipinski definition) is 3. The molecule has 0 aromatic rings. The van der Waals surface area contributed by atoms with Gasteiger partial charge in [-0.1, -0.05) is 0 Å². The fourth-order valence-electron chi connectivity index (χ4n) is 3.16. The second-order valence-electron chi connectivity index (χ2n) is 6.13. The fourth-order valence-corrected chi connectivity index (χ4v) is 3.16. The number of nitrogens with one attached hydrogen (secondary N) is 1. The zero-order valence-corrected chi connectivity index (χ0v) is 11.8. The van der Waals surface area contributed by atoms with Crippen LogP contribution >= 0.6 is 0 Å². The minimum Gasteiger partial charge on any atom is -0.317 e. The van der Waals surface area contributed by atoms with Gasteiger partial charge in [0.15, 0.2) is 0 Å². The molecule has 2 saturated heterocycles. The van der Waals surface area contributed by atoms with Crippen LogP contribution in [-0.2, 0) is 0 Å². The monoisotopic (exact) mass is 239 g/mol. The van der Waals surface area contributed by atoms with Crippen molar-refractivity contribution in [1.29, 1.82) is 0 Å². The lowest BCUT2D eigenvalue weighted by Crippen LogP contribution is -2.55. The Labute approximate surface area is 107 Å². The number of piperazine rings is 1. The number of rotatable bonds is 3. The maximum absolute atomic E-state index is 3.46. The van der Waals surface area contributed by atoms with Crippen LogP contribution in [0.2, 0.25) is 0 Å². The summed E-state index contributed by atoms with van der Waals surface area (Å²) in [6.45, 7) is 14.6. The van der Waals surface area contributed by atoms with E-state index in [4.69, 9.17) is 0 Å². The van der Waals surface area contributed by atoms with Crippen LogP contribution in [0.15, 0.2) is 0 Å². The zero-order chi connectivity index (χ0) is 12.3. The number of hydrogen-bond donors (Lipinski definition) is 1. The van der Waals surface area contributed by atoms with Gasteiger partial charge in [0.2, 0.25) is 0 Å². The lowest BCUT2D eigenvalue weighted by atomic mass is 9.96. The third-order valence-corrected chi connectivity index (χ3v) is 4.48. The molecule has 2 aliphatic heterocycles. The van der Waals surface area contributed by atoms with Crippen LogP contribution in [-0.4, -0.2) is 61.2 Å². The predicted molar refractivity (Wildman–Crippen MR) is 73.3 cm³/mol. The van der Waals surface area contributed by atoms with E-state index in [9.17, 15) is 0 Å². The fraction of sp³-hybridized carbons (Fsp3) is 1.00. The second-order valence-corrected chi connectivity index (χ2v) is 6.13. The van der Waals surface area contributed by atoms with Gasteiger partial charge in [0.1, 0.15) is 0 Å². The van der Waals surface area contributed by atoms with E-state index in [0.717, 1.165) is 12.0 Å². The van der Waals surface area contributed by atoms with E-state index in [1.807, 2.05) is 0 Å². The van der Waals surface area contributed by atoms with Crippen LogP contribution in [0.5, 0.6) is 0 Å². The highest BCUT2D eigenvalue weighted by atomic mass is 15.3. The van der Waals surface area contributed by atoms with E-state index in [1.54, 1.807) is 0 Å². The lowest BCUT2D eigenvalue weighted by molar-refractivity contribution is 0.0503. The summed E-state index contributed by atoms with van der Waals surface area (Å²) in [5, 5.41) is 3.46. The summed E-state index contributed by atoms with van der Waals surface area (Å²) in [6.07, 6.45) is 2.74. The predicted octanol–water partition coefficient (Wildman–Crippen LogP) is 1.40. The first kappa shape index (κ1) is 13.3. The molecule has 100 valence electrons. The summed E-state index contributed by atoms with van der Waals surface area (Å²) in [4.78, 5) is 5.33. The highest BCUT2D eigenvalue weighted by Gasteiger charge is 2.27. The van der Waals surface area contributed by atoms with E-state index < -0.39 is 0 Å². The Kier molecular flexibility index (Phi) is 4.83. The van der Waals surface area contributed by atoms with E-state index in [0.29, 0.717) is 6.04 Å². The topological polar surface area (TPSA) is 18.5 Å². The molecule has 1 atom stereocenters. The largest absolute Gasteiger partial charge is 0.317 e. The van der Waals surface area contributed by atoms with Crippen LogP contribution in [0.1, 0.15) is 33.6 Å². The molecule has 0 spiro atoms. The van der Waals surface area contributed by atoms with Gasteiger partial charge in [0.25, 0.3) is 0 Å². The highest BCUT2D eigenvalue weighted by molar-refractivity contribution is 4.83. The molecule has 0 amide bonds. The maximum atomic E-state index is 3.46. The molecule has 1 N–H and O–H groups in total. The minimum absolute atomic E-state index is 0.707. The van der Waals surface area contributed by atoms with Gasteiger partial charge in [-0.3, -0.25) is 9.80 Å². The first-order valence-corrected chi connectivity index (χ1v) is 7.35. The summed E-state index contributed by atoms with van der Waals surface area (Å²) in [5.74, 6) is 0.935. The molecular formula is C14H29N3. The smallest absolute Gasteiger partial charge is 0.0195 e. The van der Waals surface area contributed by atoms with Crippen molar-refractivity contribution in [3.05, 3.63) is 0 Å². The molecule has 0 saturated carbocycles.